The van der Waals surface area contributed by atoms with Gasteiger partial charge in [-0.1, -0.05) is 30.3 Å². The van der Waals surface area contributed by atoms with E-state index in [9.17, 15) is 0 Å². The van der Waals surface area contributed by atoms with Crippen LogP contribution in [0.25, 0.3) is 0 Å². The second-order valence-corrected chi connectivity index (χ2v) is 6.63. The third-order valence-electron chi connectivity index (χ3n) is 5.26. The number of methoxy groups -OCH3 is 1. The molecule has 2 aliphatic rings. The zero-order chi connectivity index (χ0) is 15.7. The molecule has 4 nitrogen and oxygen atoms in total. The fourth-order valence-corrected chi connectivity index (χ4v) is 3.59. The van der Waals surface area contributed by atoms with E-state index in [2.05, 4.69) is 51.3 Å². The number of nitrogens with zero attached hydrogens (tertiary/aromatic N) is 3. The van der Waals surface area contributed by atoms with E-state index >= 15 is 0 Å². The summed E-state index contributed by atoms with van der Waals surface area (Å²) in [5.74, 6) is 1.74. The van der Waals surface area contributed by atoms with E-state index < -0.39 is 0 Å². The molecule has 0 unspecified atom stereocenters. The molecular formula is C19H23N3O. The number of piperidine rings is 1. The van der Waals surface area contributed by atoms with Gasteiger partial charge in [0, 0.05) is 37.9 Å². The molecule has 1 aromatic heterocycles. The maximum atomic E-state index is 5.96. The number of benzene rings is 1. The van der Waals surface area contributed by atoms with Crippen molar-refractivity contribution >= 4 is 5.82 Å². The quantitative estimate of drug-likeness (QED) is 0.866. The highest BCUT2D eigenvalue weighted by Gasteiger charge is 2.36. The molecule has 4 rings (SSSR count). The van der Waals surface area contributed by atoms with E-state index in [0.717, 1.165) is 31.7 Å². The lowest BCUT2D eigenvalue weighted by atomic mass is 9.84. The molecular weight excluding hydrogens is 286 g/mol. The summed E-state index contributed by atoms with van der Waals surface area (Å²) in [6.45, 7) is 1.92. The Morgan fingerprint density at radius 2 is 1.83 bits per heavy atom. The predicted octanol–water partition coefficient (Wildman–Crippen LogP) is 3.50. The van der Waals surface area contributed by atoms with Crippen LogP contribution in [0.5, 0.6) is 0 Å². The molecule has 2 heterocycles. The molecule has 1 saturated heterocycles. The fourth-order valence-electron chi connectivity index (χ4n) is 3.59. The van der Waals surface area contributed by atoms with Crippen LogP contribution >= 0.6 is 0 Å². The van der Waals surface area contributed by atoms with Gasteiger partial charge in [-0.25, -0.2) is 9.97 Å². The Balaban J connectivity index is 1.51. The number of ether oxygens (including phenoxy) is 1. The van der Waals surface area contributed by atoms with Crippen LogP contribution in [0.4, 0.5) is 5.82 Å². The van der Waals surface area contributed by atoms with Gasteiger partial charge in [0.15, 0.2) is 0 Å². The summed E-state index contributed by atoms with van der Waals surface area (Å²) in [6, 6.07) is 12.8. The van der Waals surface area contributed by atoms with Crippen LogP contribution in [0, 0.1) is 0 Å². The first-order valence-electron chi connectivity index (χ1n) is 8.48. The van der Waals surface area contributed by atoms with E-state index in [1.165, 1.54) is 24.1 Å². The summed E-state index contributed by atoms with van der Waals surface area (Å²) in [5.41, 5.74) is 2.33. The molecule has 1 aliphatic carbocycles. The molecule has 2 aromatic rings. The molecule has 1 aromatic carbocycles. The minimum absolute atomic E-state index is 0.163. The van der Waals surface area contributed by atoms with Gasteiger partial charge in [0.05, 0.1) is 5.60 Å². The maximum absolute atomic E-state index is 5.96. The zero-order valence-electron chi connectivity index (χ0n) is 13.6. The van der Waals surface area contributed by atoms with Crippen LogP contribution in [0.15, 0.2) is 42.7 Å². The summed E-state index contributed by atoms with van der Waals surface area (Å²) in [6.07, 6.45) is 6.24. The lowest BCUT2D eigenvalue weighted by Crippen LogP contribution is -2.44. The van der Waals surface area contributed by atoms with Crippen LogP contribution in [0.1, 0.15) is 42.9 Å². The minimum Gasteiger partial charge on any atom is -0.373 e. The van der Waals surface area contributed by atoms with E-state index in [-0.39, 0.29) is 5.60 Å². The Labute approximate surface area is 137 Å². The first kappa shape index (κ1) is 14.6. The van der Waals surface area contributed by atoms with Crippen LogP contribution in [0.2, 0.25) is 0 Å². The predicted molar refractivity (Wildman–Crippen MR) is 90.6 cm³/mol. The van der Waals surface area contributed by atoms with Crippen molar-refractivity contribution in [1.29, 1.82) is 0 Å². The van der Waals surface area contributed by atoms with Gasteiger partial charge < -0.3 is 9.64 Å². The molecule has 0 amide bonds. The highest BCUT2D eigenvalue weighted by atomic mass is 16.5. The first-order chi connectivity index (χ1) is 11.3. The average molecular weight is 309 g/mol. The van der Waals surface area contributed by atoms with Crippen molar-refractivity contribution in [2.24, 2.45) is 0 Å². The normalized spacial score (nSPS) is 20.5. The minimum atomic E-state index is -0.163. The lowest BCUT2D eigenvalue weighted by molar-refractivity contribution is -0.0347. The maximum Gasteiger partial charge on any atom is 0.132 e. The van der Waals surface area contributed by atoms with Crippen LogP contribution in [-0.4, -0.2) is 30.2 Å². The van der Waals surface area contributed by atoms with E-state index in [1.807, 2.05) is 7.11 Å². The second-order valence-electron chi connectivity index (χ2n) is 6.63. The number of anilines is 1. The van der Waals surface area contributed by atoms with E-state index in [4.69, 9.17) is 4.74 Å². The van der Waals surface area contributed by atoms with Gasteiger partial charge in [-0.15, -0.1) is 0 Å². The highest BCUT2D eigenvalue weighted by Crippen LogP contribution is 2.40. The molecule has 0 bridgehead atoms. The molecule has 23 heavy (non-hydrogen) atoms. The number of aromatic nitrogens is 2. The molecule has 2 fully saturated rings. The number of hydrogen-bond donors (Lipinski definition) is 0. The van der Waals surface area contributed by atoms with Crippen molar-refractivity contribution in [2.75, 3.05) is 25.1 Å². The van der Waals surface area contributed by atoms with Crippen molar-refractivity contribution in [3.05, 3.63) is 54.0 Å². The summed E-state index contributed by atoms with van der Waals surface area (Å²) in [4.78, 5) is 11.3. The van der Waals surface area contributed by atoms with Gasteiger partial charge in [0.2, 0.25) is 0 Å². The number of rotatable bonds is 4. The molecule has 120 valence electrons. The van der Waals surface area contributed by atoms with Gasteiger partial charge in [-0.3, -0.25) is 0 Å². The van der Waals surface area contributed by atoms with Gasteiger partial charge >= 0.3 is 0 Å². The summed E-state index contributed by atoms with van der Waals surface area (Å²) < 4.78 is 5.96. The van der Waals surface area contributed by atoms with Gasteiger partial charge in [-0.2, -0.15) is 0 Å². The summed E-state index contributed by atoms with van der Waals surface area (Å²) in [7, 11) is 1.83. The van der Waals surface area contributed by atoms with Crippen molar-refractivity contribution in [1.82, 2.24) is 9.97 Å². The second kappa shape index (κ2) is 5.93. The van der Waals surface area contributed by atoms with Crippen molar-refractivity contribution in [3.63, 3.8) is 0 Å². The standard InChI is InChI=1S/C19H23N3O/c1-23-19(16-5-3-2-4-6-16)9-11-22(12-10-19)18-13-17(15-7-8-15)20-14-21-18/h2-6,13-15H,7-12H2,1H3. The highest BCUT2D eigenvalue weighted by molar-refractivity contribution is 5.42. The van der Waals surface area contributed by atoms with E-state index in [0.29, 0.717) is 5.92 Å². The van der Waals surface area contributed by atoms with Crippen LogP contribution in [0.3, 0.4) is 0 Å². The van der Waals surface area contributed by atoms with Crippen LogP contribution < -0.4 is 4.90 Å². The van der Waals surface area contributed by atoms with Crippen molar-refractivity contribution in [3.8, 4) is 0 Å². The monoisotopic (exact) mass is 309 g/mol. The summed E-state index contributed by atoms with van der Waals surface area (Å²) in [5, 5.41) is 0. The zero-order valence-corrected chi connectivity index (χ0v) is 13.6. The third kappa shape index (κ3) is 2.83. The SMILES string of the molecule is COC1(c2ccccc2)CCN(c2cc(C3CC3)ncn2)CC1. The van der Waals surface area contributed by atoms with Crippen molar-refractivity contribution < 1.29 is 4.74 Å². The van der Waals surface area contributed by atoms with Crippen LogP contribution in [-0.2, 0) is 10.3 Å². The largest absolute Gasteiger partial charge is 0.373 e. The van der Waals surface area contributed by atoms with Gasteiger partial charge in [0.1, 0.15) is 12.1 Å². The Kier molecular flexibility index (Phi) is 3.77. The van der Waals surface area contributed by atoms with Gasteiger partial charge in [-0.05, 0) is 31.2 Å². The Bertz CT molecular complexity index is 661. The third-order valence-corrected chi connectivity index (χ3v) is 5.26. The molecule has 1 saturated carbocycles. The first-order valence-corrected chi connectivity index (χ1v) is 8.48. The molecule has 4 heteroatoms. The smallest absolute Gasteiger partial charge is 0.132 e. The van der Waals surface area contributed by atoms with Crippen molar-refractivity contribution in [2.45, 2.75) is 37.2 Å². The molecule has 1 aliphatic heterocycles. The number of hydrogen-bond acceptors (Lipinski definition) is 4. The topological polar surface area (TPSA) is 38.2 Å². The molecule has 0 N–H and O–H groups in total. The van der Waals surface area contributed by atoms with Gasteiger partial charge in [0.25, 0.3) is 0 Å². The Morgan fingerprint density at radius 3 is 2.48 bits per heavy atom. The molecule has 0 radical (unpaired) electrons. The summed E-state index contributed by atoms with van der Waals surface area (Å²) >= 11 is 0. The average Bonchev–Trinajstić information content (AvgIpc) is 3.48. The van der Waals surface area contributed by atoms with E-state index in [1.54, 1.807) is 6.33 Å². The molecule has 0 spiro atoms. The fraction of sp³-hybridized carbons (Fsp3) is 0.474. The lowest BCUT2D eigenvalue weighted by Gasteiger charge is -2.41. The Morgan fingerprint density at radius 1 is 1.09 bits per heavy atom. The Hall–Kier alpha value is -1.94. The molecule has 0 atom stereocenters.